The second-order valence-corrected chi connectivity index (χ2v) is 8.80. The van der Waals surface area contributed by atoms with Crippen molar-refractivity contribution in [1.82, 2.24) is 9.62 Å². The number of carbonyl (C=O) groups is 1. The Morgan fingerprint density at radius 1 is 1.26 bits per heavy atom. The summed E-state index contributed by atoms with van der Waals surface area (Å²) in [4.78, 5) is 13.6. The van der Waals surface area contributed by atoms with Gasteiger partial charge in [-0.1, -0.05) is 12.1 Å². The smallest absolute Gasteiger partial charge is 0.223 e. The number of hydrogen-bond donors (Lipinski definition) is 1. The molecule has 2 rings (SSSR count). The molecule has 0 radical (unpaired) electrons. The lowest BCUT2D eigenvalue weighted by Gasteiger charge is -2.30. The lowest BCUT2D eigenvalue weighted by atomic mass is 9.96. The van der Waals surface area contributed by atoms with E-state index < -0.39 is 10.0 Å². The number of nitrogens with one attached hydrogen (secondary N) is 1. The molecular weight excluding hydrogens is 332 g/mol. The van der Waals surface area contributed by atoms with E-state index in [9.17, 15) is 13.2 Å². The highest BCUT2D eigenvalue weighted by Gasteiger charge is 2.29. The molecule has 0 aromatic heterocycles. The highest BCUT2D eigenvalue weighted by Crippen LogP contribution is 2.22. The average Bonchev–Trinajstić information content (AvgIpc) is 2.54. The Kier molecular flexibility index (Phi) is 6.11. The van der Waals surface area contributed by atoms with E-state index >= 15 is 0 Å². The minimum absolute atomic E-state index is 0.0135. The van der Waals surface area contributed by atoms with Crippen LogP contribution in [0.1, 0.15) is 31.4 Å². The molecule has 1 saturated heterocycles. The van der Waals surface area contributed by atoms with Gasteiger partial charge in [0.25, 0.3) is 0 Å². The van der Waals surface area contributed by atoms with Gasteiger partial charge >= 0.3 is 0 Å². The first-order valence-electron chi connectivity index (χ1n) is 7.70. The zero-order chi connectivity index (χ0) is 17.0. The summed E-state index contributed by atoms with van der Waals surface area (Å²) in [6, 6.07) is 8.11. The summed E-state index contributed by atoms with van der Waals surface area (Å²) >= 11 is 1.69. The summed E-state index contributed by atoms with van der Waals surface area (Å²) < 4.78 is 24.4. The molecule has 0 bridgehead atoms. The monoisotopic (exact) mass is 356 g/mol. The van der Waals surface area contributed by atoms with Gasteiger partial charge in [0, 0.05) is 23.9 Å². The number of sulfonamides is 1. The zero-order valence-corrected chi connectivity index (χ0v) is 15.4. The Morgan fingerprint density at radius 2 is 1.83 bits per heavy atom. The van der Waals surface area contributed by atoms with Crippen molar-refractivity contribution in [2.24, 2.45) is 5.92 Å². The summed E-state index contributed by atoms with van der Waals surface area (Å²) in [5.41, 5.74) is 1.07. The van der Waals surface area contributed by atoms with Gasteiger partial charge in [-0.15, -0.1) is 11.8 Å². The SMILES string of the molecule is CSc1ccc(C(C)NC(=O)C2CCN(S(C)(=O)=O)CC2)cc1. The lowest BCUT2D eigenvalue weighted by Crippen LogP contribution is -2.43. The number of benzene rings is 1. The number of hydrogen-bond acceptors (Lipinski definition) is 4. The number of thioether (sulfide) groups is 1. The molecule has 0 aliphatic carbocycles. The molecule has 1 aromatic rings. The van der Waals surface area contributed by atoms with E-state index in [2.05, 4.69) is 5.32 Å². The van der Waals surface area contributed by atoms with Crippen molar-refractivity contribution in [2.45, 2.75) is 30.7 Å². The van der Waals surface area contributed by atoms with Gasteiger partial charge in [-0.25, -0.2) is 12.7 Å². The standard InChI is InChI=1S/C16H24N2O3S2/c1-12(13-4-6-15(22-2)7-5-13)17-16(19)14-8-10-18(11-9-14)23(3,20)21/h4-7,12,14H,8-11H2,1-3H3,(H,17,19). The van der Waals surface area contributed by atoms with Crippen molar-refractivity contribution in [1.29, 1.82) is 0 Å². The minimum Gasteiger partial charge on any atom is -0.349 e. The molecular formula is C16H24N2O3S2. The molecule has 0 spiro atoms. The van der Waals surface area contributed by atoms with Crippen LogP contribution in [0.3, 0.4) is 0 Å². The summed E-state index contributed by atoms with van der Waals surface area (Å²) in [6.07, 6.45) is 4.41. The summed E-state index contributed by atoms with van der Waals surface area (Å²) in [5, 5.41) is 3.04. The fraction of sp³-hybridized carbons (Fsp3) is 0.562. The molecule has 1 unspecified atom stereocenters. The summed E-state index contributed by atoms with van der Waals surface area (Å²) in [5.74, 6) is -0.0967. The third kappa shape index (κ3) is 4.96. The average molecular weight is 357 g/mol. The predicted octanol–water partition coefficient (Wildman–Crippen LogP) is 2.26. The van der Waals surface area contributed by atoms with Crippen molar-refractivity contribution < 1.29 is 13.2 Å². The first-order chi connectivity index (χ1) is 10.8. The van der Waals surface area contributed by atoms with Crippen LogP contribution < -0.4 is 5.32 Å². The van der Waals surface area contributed by atoms with Crippen LogP contribution in [-0.4, -0.2) is 44.2 Å². The van der Waals surface area contributed by atoms with E-state index in [1.165, 1.54) is 15.5 Å². The molecule has 1 aliphatic heterocycles. The van der Waals surface area contributed by atoms with E-state index in [1.807, 2.05) is 37.4 Å². The molecule has 1 atom stereocenters. The van der Waals surface area contributed by atoms with Crippen LogP contribution in [-0.2, 0) is 14.8 Å². The molecule has 1 N–H and O–H groups in total. The molecule has 1 fully saturated rings. The minimum atomic E-state index is -3.15. The molecule has 128 valence electrons. The number of carbonyl (C=O) groups excluding carboxylic acids is 1. The van der Waals surface area contributed by atoms with Crippen LogP contribution in [0, 0.1) is 5.92 Å². The van der Waals surface area contributed by atoms with Gasteiger partial charge in [-0.2, -0.15) is 0 Å². The molecule has 23 heavy (non-hydrogen) atoms. The summed E-state index contributed by atoms with van der Waals surface area (Å²) in [7, 11) is -3.15. The van der Waals surface area contributed by atoms with Crippen LogP contribution in [0.25, 0.3) is 0 Å². The maximum Gasteiger partial charge on any atom is 0.223 e. The summed E-state index contributed by atoms with van der Waals surface area (Å²) in [6.45, 7) is 2.82. The van der Waals surface area contributed by atoms with E-state index in [1.54, 1.807) is 11.8 Å². The van der Waals surface area contributed by atoms with Crippen LogP contribution in [0.5, 0.6) is 0 Å². The number of piperidine rings is 1. The predicted molar refractivity (Wildman–Crippen MR) is 93.9 cm³/mol. The quantitative estimate of drug-likeness (QED) is 0.822. The topological polar surface area (TPSA) is 66.5 Å². The fourth-order valence-corrected chi connectivity index (χ4v) is 4.04. The highest BCUT2D eigenvalue weighted by molar-refractivity contribution is 7.98. The van der Waals surface area contributed by atoms with E-state index in [0.29, 0.717) is 25.9 Å². The Hall–Kier alpha value is -1.05. The molecule has 7 heteroatoms. The van der Waals surface area contributed by atoms with Gasteiger partial charge in [0.15, 0.2) is 0 Å². The van der Waals surface area contributed by atoms with Crippen LogP contribution in [0.2, 0.25) is 0 Å². The van der Waals surface area contributed by atoms with Gasteiger partial charge in [0.05, 0.1) is 12.3 Å². The molecule has 1 amide bonds. The van der Waals surface area contributed by atoms with Crippen molar-refractivity contribution >= 4 is 27.7 Å². The Labute approximate surface area is 142 Å². The Morgan fingerprint density at radius 3 is 2.30 bits per heavy atom. The van der Waals surface area contributed by atoms with Crippen LogP contribution in [0.4, 0.5) is 0 Å². The molecule has 1 aromatic carbocycles. The van der Waals surface area contributed by atoms with E-state index in [4.69, 9.17) is 0 Å². The normalized spacial score (nSPS) is 18.6. The number of amides is 1. The van der Waals surface area contributed by atoms with Crippen molar-refractivity contribution in [3.63, 3.8) is 0 Å². The van der Waals surface area contributed by atoms with E-state index in [0.717, 1.165) is 5.56 Å². The zero-order valence-electron chi connectivity index (χ0n) is 13.8. The number of nitrogens with zero attached hydrogens (tertiary/aromatic N) is 1. The van der Waals surface area contributed by atoms with Crippen molar-refractivity contribution in [2.75, 3.05) is 25.6 Å². The van der Waals surface area contributed by atoms with Crippen LogP contribution >= 0.6 is 11.8 Å². The Balaban J connectivity index is 1.89. The molecule has 5 nitrogen and oxygen atoms in total. The first kappa shape index (κ1) is 18.3. The van der Waals surface area contributed by atoms with Gasteiger partial charge in [-0.3, -0.25) is 4.79 Å². The maximum atomic E-state index is 12.4. The fourth-order valence-electron chi connectivity index (χ4n) is 2.76. The van der Waals surface area contributed by atoms with Crippen LogP contribution in [0.15, 0.2) is 29.2 Å². The molecule has 0 saturated carbocycles. The first-order valence-corrected chi connectivity index (χ1v) is 10.8. The second-order valence-electron chi connectivity index (χ2n) is 5.94. The second kappa shape index (κ2) is 7.68. The van der Waals surface area contributed by atoms with Gasteiger partial charge in [0.2, 0.25) is 15.9 Å². The van der Waals surface area contributed by atoms with Gasteiger partial charge in [-0.05, 0) is 43.7 Å². The van der Waals surface area contributed by atoms with Crippen molar-refractivity contribution in [3.8, 4) is 0 Å². The third-order valence-corrected chi connectivity index (χ3v) is 6.32. The third-order valence-electron chi connectivity index (χ3n) is 4.27. The molecule has 1 heterocycles. The maximum absolute atomic E-state index is 12.4. The molecule has 1 aliphatic rings. The Bertz CT molecular complexity index is 636. The largest absolute Gasteiger partial charge is 0.349 e. The lowest BCUT2D eigenvalue weighted by molar-refractivity contribution is -0.126. The highest BCUT2D eigenvalue weighted by atomic mass is 32.2. The van der Waals surface area contributed by atoms with Crippen molar-refractivity contribution in [3.05, 3.63) is 29.8 Å². The number of rotatable bonds is 5. The van der Waals surface area contributed by atoms with Gasteiger partial charge < -0.3 is 5.32 Å². The van der Waals surface area contributed by atoms with E-state index in [-0.39, 0.29) is 17.9 Å². The van der Waals surface area contributed by atoms with Gasteiger partial charge in [0.1, 0.15) is 0 Å².